The van der Waals surface area contributed by atoms with Gasteiger partial charge in [-0.1, -0.05) is 19.3 Å². The van der Waals surface area contributed by atoms with Gasteiger partial charge >= 0.3 is 0 Å². The first-order chi connectivity index (χ1) is 7.40. The Kier molecular flexibility index (Phi) is 2.49. The van der Waals surface area contributed by atoms with Gasteiger partial charge in [-0.05, 0) is 18.8 Å². The van der Waals surface area contributed by atoms with Crippen LogP contribution in [-0.2, 0) is 13.0 Å². The summed E-state index contributed by atoms with van der Waals surface area (Å²) in [5.41, 5.74) is 0. The average molecular weight is 206 g/mol. The summed E-state index contributed by atoms with van der Waals surface area (Å²) in [5, 5.41) is 3.41. The molecule has 82 valence electrons. The van der Waals surface area contributed by atoms with Gasteiger partial charge in [0.2, 0.25) is 5.89 Å². The zero-order valence-corrected chi connectivity index (χ0v) is 9.04. The summed E-state index contributed by atoms with van der Waals surface area (Å²) in [6, 6.07) is 0.729. The normalized spacial score (nSPS) is 21.6. The first-order valence-electron chi connectivity index (χ1n) is 6.07. The molecule has 0 aliphatic heterocycles. The number of hydrogen-bond donors (Lipinski definition) is 1. The monoisotopic (exact) mass is 206 g/mol. The predicted octanol–water partition coefficient (Wildman–Crippen LogP) is 2.27. The summed E-state index contributed by atoms with van der Waals surface area (Å²) < 4.78 is 5.69. The van der Waals surface area contributed by atoms with Crippen LogP contribution < -0.4 is 5.32 Å². The van der Waals surface area contributed by atoms with Crippen molar-refractivity contribution in [3.63, 3.8) is 0 Å². The van der Waals surface area contributed by atoms with E-state index >= 15 is 0 Å². The lowest BCUT2D eigenvalue weighted by atomic mass is 9.82. The van der Waals surface area contributed by atoms with Gasteiger partial charge in [0.1, 0.15) is 5.76 Å². The topological polar surface area (TPSA) is 38.1 Å². The maximum atomic E-state index is 5.69. The van der Waals surface area contributed by atoms with E-state index in [0.717, 1.165) is 36.6 Å². The van der Waals surface area contributed by atoms with Crippen LogP contribution >= 0.6 is 0 Å². The third-order valence-electron chi connectivity index (χ3n) is 3.44. The summed E-state index contributed by atoms with van der Waals surface area (Å²) in [5.74, 6) is 2.80. The lowest BCUT2D eigenvalue weighted by Crippen LogP contribution is -2.15. The highest BCUT2D eigenvalue weighted by molar-refractivity contribution is 4.97. The van der Waals surface area contributed by atoms with Gasteiger partial charge in [-0.15, -0.1) is 0 Å². The van der Waals surface area contributed by atoms with Gasteiger partial charge in [0, 0.05) is 12.5 Å². The second kappa shape index (κ2) is 3.97. The van der Waals surface area contributed by atoms with E-state index in [9.17, 15) is 0 Å². The second-order valence-electron chi connectivity index (χ2n) is 4.88. The lowest BCUT2D eigenvalue weighted by molar-refractivity contribution is 0.290. The molecular weight excluding hydrogens is 188 g/mol. The van der Waals surface area contributed by atoms with Gasteiger partial charge in [-0.25, -0.2) is 4.98 Å². The van der Waals surface area contributed by atoms with Crippen LogP contribution in [0.25, 0.3) is 0 Å². The molecule has 2 fully saturated rings. The number of oxazole rings is 1. The first-order valence-corrected chi connectivity index (χ1v) is 6.07. The molecule has 1 N–H and O–H groups in total. The van der Waals surface area contributed by atoms with E-state index in [1.54, 1.807) is 0 Å². The Morgan fingerprint density at radius 1 is 1.33 bits per heavy atom. The summed E-state index contributed by atoms with van der Waals surface area (Å²) in [6.07, 6.45) is 9.77. The van der Waals surface area contributed by atoms with Crippen molar-refractivity contribution in [3.8, 4) is 0 Å². The second-order valence-corrected chi connectivity index (χ2v) is 4.88. The van der Waals surface area contributed by atoms with Crippen molar-refractivity contribution in [2.24, 2.45) is 5.92 Å². The molecule has 1 heterocycles. The molecule has 15 heavy (non-hydrogen) atoms. The number of hydrogen-bond acceptors (Lipinski definition) is 3. The largest absolute Gasteiger partial charge is 0.444 e. The Hall–Kier alpha value is -0.830. The van der Waals surface area contributed by atoms with Crippen LogP contribution in [-0.4, -0.2) is 11.0 Å². The molecule has 0 saturated heterocycles. The van der Waals surface area contributed by atoms with E-state index in [2.05, 4.69) is 10.3 Å². The molecule has 0 radical (unpaired) electrons. The van der Waals surface area contributed by atoms with Crippen LogP contribution in [0.3, 0.4) is 0 Å². The molecule has 3 nitrogen and oxygen atoms in total. The Labute approximate surface area is 90.3 Å². The molecule has 2 aliphatic carbocycles. The molecule has 1 aromatic heterocycles. The number of rotatable bonds is 5. The third kappa shape index (κ3) is 2.40. The molecule has 2 saturated carbocycles. The van der Waals surface area contributed by atoms with Crippen LogP contribution in [0.2, 0.25) is 0 Å². The smallest absolute Gasteiger partial charge is 0.208 e. The van der Waals surface area contributed by atoms with Crippen molar-refractivity contribution in [2.75, 3.05) is 0 Å². The van der Waals surface area contributed by atoms with E-state index in [0.29, 0.717) is 0 Å². The van der Waals surface area contributed by atoms with Gasteiger partial charge in [0.05, 0.1) is 12.7 Å². The molecular formula is C12H18N2O. The van der Waals surface area contributed by atoms with Gasteiger partial charge < -0.3 is 9.73 Å². The molecule has 0 bridgehead atoms. The van der Waals surface area contributed by atoms with E-state index in [-0.39, 0.29) is 0 Å². The predicted molar refractivity (Wildman–Crippen MR) is 57.4 cm³/mol. The molecule has 0 aromatic carbocycles. The zero-order valence-electron chi connectivity index (χ0n) is 9.04. The van der Waals surface area contributed by atoms with Crippen molar-refractivity contribution >= 4 is 0 Å². The van der Waals surface area contributed by atoms with Gasteiger partial charge in [-0.2, -0.15) is 0 Å². The fourth-order valence-corrected chi connectivity index (χ4v) is 2.02. The van der Waals surface area contributed by atoms with Gasteiger partial charge in [0.25, 0.3) is 0 Å². The maximum absolute atomic E-state index is 5.69. The van der Waals surface area contributed by atoms with E-state index < -0.39 is 0 Å². The Balaban J connectivity index is 1.50. The molecule has 1 aromatic rings. The van der Waals surface area contributed by atoms with Crippen LogP contribution in [0.5, 0.6) is 0 Å². The van der Waals surface area contributed by atoms with E-state index in [4.69, 9.17) is 4.42 Å². The number of nitrogens with zero attached hydrogens (tertiary/aromatic N) is 1. The first kappa shape index (κ1) is 9.40. The maximum Gasteiger partial charge on any atom is 0.208 e. The molecule has 0 atom stereocenters. The van der Waals surface area contributed by atoms with E-state index in [1.165, 1.54) is 32.1 Å². The minimum atomic E-state index is 0.729. The summed E-state index contributed by atoms with van der Waals surface area (Å²) in [6.45, 7) is 0.801. The minimum absolute atomic E-state index is 0.729. The van der Waals surface area contributed by atoms with E-state index in [1.807, 2.05) is 6.20 Å². The fourth-order valence-electron chi connectivity index (χ4n) is 2.02. The zero-order chi connectivity index (χ0) is 10.1. The van der Waals surface area contributed by atoms with Crippen LogP contribution in [0.1, 0.15) is 43.8 Å². The Bertz CT molecular complexity index is 326. The van der Waals surface area contributed by atoms with Crippen molar-refractivity contribution in [3.05, 3.63) is 17.8 Å². The van der Waals surface area contributed by atoms with Crippen molar-refractivity contribution in [1.29, 1.82) is 0 Å². The average Bonchev–Trinajstić information content (AvgIpc) is 2.89. The molecule has 3 rings (SSSR count). The summed E-state index contributed by atoms with van der Waals surface area (Å²) >= 11 is 0. The summed E-state index contributed by atoms with van der Waals surface area (Å²) in [7, 11) is 0. The summed E-state index contributed by atoms with van der Waals surface area (Å²) in [4.78, 5) is 4.30. The quantitative estimate of drug-likeness (QED) is 0.803. The SMILES string of the molecule is c1nc(CNC2CC2)oc1CC1CCC1. The van der Waals surface area contributed by atoms with Crippen molar-refractivity contribution in [2.45, 2.75) is 51.1 Å². The van der Waals surface area contributed by atoms with Crippen LogP contribution in [0, 0.1) is 5.92 Å². The highest BCUT2D eigenvalue weighted by Crippen LogP contribution is 2.29. The van der Waals surface area contributed by atoms with Gasteiger partial charge in [0.15, 0.2) is 0 Å². The van der Waals surface area contributed by atoms with Crippen LogP contribution in [0.15, 0.2) is 10.6 Å². The molecule has 2 aliphatic rings. The molecule has 0 amide bonds. The minimum Gasteiger partial charge on any atom is -0.444 e. The molecule has 0 unspecified atom stereocenters. The Morgan fingerprint density at radius 3 is 2.87 bits per heavy atom. The Morgan fingerprint density at radius 2 is 2.20 bits per heavy atom. The van der Waals surface area contributed by atoms with Crippen molar-refractivity contribution < 1.29 is 4.42 Å². The highest BCUT2D eigenvalue weighted by Gasteiger charge is 2.22. The third-order valence-corrected chi connectivity index (χ3v) is 3.44. The molecule has 3 heteroatoms. The highest BCUT2D eigenvalue weighted by atomic mass is 16.4. The molecule has 0 spiro atoms. The standard InChI is InChI=1S/C12H18N2O/c1-2-9(3-1)6-11-7-14-12(15-11)8-13-10-4-5-10/h7,9-10,13H,1-6,8H2. The van der Waals surface area contributed by atoms with Crippen molar-refractivity contribution in [1.82, 2.24) is 10.3 Å². The van der Waals surface area contributed by atoms with Gasteiger partial charge in [-0.3, -0.25) is 0 Å². The number of nitrogens with one attached hydrogen (secondary N) is 1. The number of aromatic nitrogens is 1. The fraction of sp³-hybridized carbons (Fsp3) is 0.750. The lowest BCUT2D eigenvalue weighted by Gasteiger charge is -2.23. The van der Waals surface area contributed by atoms with Crippen LogP contribution in [0.4, 0.5) is 0 Å².